The van der Waals surface area contributed by atoms with Crippen LogP contribution < -0.4 is 4.72 Å². The predicted octanol–water partition coefficient (Wildman–Crippen LogP) is 5.63. The maximum atomic E-state index is 13.3. The molecule has 0 unspecified atom stereocenters. The fourth-order valence-corrected chi connectivity index (χ4v) is 6.44. The fourth-order valence-electron chi connectivity index (χ4n) is 4.73. The first kappa shape index (κ1) is 25.0. The second kappa shape index (κ2) is 10.00. The second-order valence-electron chi connectivity index (χ2n) is 9.01. The Labute approximate surface area is 221 Å². The van der Waals surface area contributed by atoms with E-state index in [1.54, 1.807) is 11.6 Å². The smallest absolute Gasteiger partial charge is 0.244 e. The SMILES string of the molecule is Cc1c(S(=O)(=O)N[C@H]2CN(C(c3ccc(Cl)cc3)c3ccc(Cl)cc3)[C@@H]2C)cnn1-c1ccccc1. The minimum atomic E-state index is -3.76. The molecule has 3 aromatic carbocycles. The molecule has 9 heteroatoms. The Morgan fingerprint density at radius 2 is 1.47 bits per heavy atom. The minimum absolute atomic E-state index is 0.0411. The van der Waals surface area contributed by atoms with Crippen LogP contribution in [0.25, 0.3) is 5.69 Å². The van der Waals surface area contributed by atoms with Gasteiger partial charge in [0.25, 0.3) is 0 Å². The summed E-state index contributed by atoms with van der Waals surface area (Å²) in [6.07, 6.45) is 1.41. The lowest BCUT2D eigenvalue weighted by atomic mass is 9.89. The summed E-state index contributed by atoms with van der Waals surface area (Å²) in [5.74, 6) is 0. The summed E-state index contributed by atoms with van der Waals surface area (Å²) in [5, 5.41) is 5.66. The molecule has 2 atom stereocenters. The molecule has 1 saturated heterocycles. The summed E-state index contributed by atoms with van der Waals surface area (Å²) in [7, 11) is -3.76. The summed E-state index contributed by atoms with van der Waals surface area (Å²) in [4.78, 5) is 2.46. The van der Waals surface area contributed by atoms with Crippen LogP contribution in [-0.2, 0) is 10.0 Å². The zero-order valence-electron chi connectivity index (χ0n) is 19.8. The van der Waals surface area contributed by atoms with E-state index in [0.29, 0.717) is 22.3 Å². The highest BCUT2D eigenvalue weighted by atomic mass is 35.5. The number of rotatable bonds is 7. The van der Waals surface area contributed by atoms with Crippen LogP contribution >= 0.6 is 23.2 Å². The van der Waals surface area contributed by atoms with Crippen LogP contribution in [0, 0.1) is 6.92 Å². The van der Waals surface area contributed by atoms with Gasteiger partial charge in [0.15, 0.2) is 0 Å². The van der Waals surface area contributed by atoms with E-state index >= 15 is 0 Å². The number of hydrogen-bond donors (Lipinski definition) is 1. The number of benzene rings is 3. The third kappa shape index (κ3) is 4.82. The number of aromatic nitrogens is 2. The topological polar surface area (TPSA) is 67.2 Å². The van der Waals surface area contributed by atoms with Gasteiger partial charge in [0.2, 0.25) is 10.0 Å². The minimum Gasteiger partial charge on any atom is -0.286 e. The number of sulfonamides is 1. The third-order valence-corrected chi connectivity index (χ3v) is 8.87. The van der Waals surface area contributed by atoms with Crippen molar-refractivity contribution >= 4 is 33.2 Å². The highest BCUT2D eigenvalue weighted by Gasteiger charge is 2.43. The molecule has 1 aromatic heterocycles. The van der Waals surface area contributed by atoms with Crippen molar-refractivity contribution in [2.75, 3.05) is 6.54 Å². The third-order valence-electron chi connectivity index (χ3n) is 6.78. The average molecular weight is 542 g/mol. The van der Waals surface area contributed by atoms with Crippen molar-refractivity contribution in [2.45, 2.75) is 36.9 Å². The van der Waals surface area contributed by atoms with Crippen molar-refractivity contribution in [1.82, 2.24) is 19.4 Å². The summed E-state index contributed by atoms with van der Waals surface area (Å²) >= 11 is 12.3. The normalized spacial score (nSPS) is 18.4. The predicted molar refractivity (Wildman–Crippen MR) is 143 cm³/mol. The van der Waals surface area contributed by atoms with E-state index in [1.165, 1.54) is 6.20 Å². The molecule has 186 valence electrons. The number of likely N-dealkylation sites (tertiary alicyclic amines) is 1. The average Bonchev–Trinajstić information content (AvgIpc) is 3.27. The Kier molecular flexibility index (Phi) is 6.94. The van der Waals surface area contributed by atoms with E-state index in [2.05, 4.69) is 14.7 Å². The Bertz CT molecular complexity index is 1410. The van der Waals surface area contributed by atoms with Crippen LogP contribution in [0.4, 0.5) is 0 Å². The molecule has 2 heterocycles. The Hall–Kier alpha value is -2.68. The van der Waals surface area contributed by atoms with Gasteiger partial charge >= 0.3 is 0 Å². The van der Waals surface area contributed by atoms with E-state index < -0.39 is 10.0 Å². The van der Waals surface area contributed by atoms with E-state index in [1.807, 2.05) is 85.8 Å². The van der Waals surface area contributed by atoms with Crippen LogP contribution in [0.5, 0.6) is 0 Å². The van der Waals surface area contributed by atoms with Gasteiger partial charge in [0.1, 0.15) is 4.90 Å². The number of para-hydroxylation sites is 1. The molecule has 0 bridgehead atoms. The molecular weight excluding hydrogens is 515 g/mol. The largest absolute Gasteiger partial charge is 0.286 e. The molecule has 0 radical (unpaired) electrons. The van der Waals surface area contributed by atoms with Gasteiger partial charge in [0.05, 0.1) is 29.7 Å². The zero-order valence-corrected chi connectivity index (χ0v) is 22.2. The van der Waals surface area contributed by atoms with Crippen molar-refractivity contribution in [1.29, 1.82) is 0 Å². The first-order chi connectivity index (χ1) is 17.2. The number of halogens is 2. The Morgan fingerprint density at radius 1 is 0.917 bits per heavy atom. The van der Waals surface area contributed by atoms with Crippen LogP contribution in [0.15, 0.2) is 90.0 Å². The molecule has 6 nitrogen and oxygen atoms in total. The molecule has 0 saturated carbocycles. The number of nitrogens with one attached hydrogen (secondary N) is 1. The van der Waals surface area contributed by atoms with Crippen LogP contribution in [0.2, 0.25) is 10.0 Å². The summed E-state index contributed by atoms with van der Waals surface area (Å²) in [6.45, 7) is 4.36. The van der Waals surface area contributed by atoms with Crippen molar-refractivity contribution in [3.8, 4) is 5.69 Å². The van der Waals surface area contributed by atoms with Crippen molar-refractivity contribution in [2.24, 2.45) is 0 Å². The molecule has 0 amide bonds. The molecule has 0 spiro atoms. The lowest BCUT2D eigenvalue weighted by Gasteiger charge is -2.50. The van der Waals surface area contributed by atoms with Crippen molar-refractivity contribution in [3.05, 3.63) is 112 Å². The number of nitrogens with zero attached hydrogens (tertiary/aromatic N) is 3. The van der Waals surface area contributed by atoms with Crippen LogP contribution in [-0.4, -0.2) is 41.7 Å². The maximum Gasteiger partial charge on any atom is 0.244 e. The maximum absolute atomic E-state index is 13.3. The highest BCUT2D eigenvalue weighted by molar-refractivity contribution is 7.89. The standard InChI is InChI=1S/C27H26Cl2N4O2S/c1-18-25(31-36(34,35)26-16-30-33(19(26)2)24-6-4-3-5-7-24)17-32(18)27(20-8-12-22(28)13-9-20)21-10-14-23(29)15-11-21/h3-16,18,25,27,31H,17H2,1-2H3/t18-,25+/m1/s1. The monoisotopic (exact) mass is 540 g/mol. The van der Waals surface area contributed by atoms with E-state index in [-0.39, 0.29) is 23.0 Å². The molecule has 4 aromatic rings. The van der Waals surface area contributed by atoms with Crippen molar-refractivity contribution < 1.29 is 8.42 Å². The second-order valence-corrected chi connectivity index (χ2v) is 11.6. The van der Waals surface area contributed by atoms with Gasteiger partial charge in [-0.3, -0.25) is 4.90 Å². The van der Waals surface area contributed by atoms with Gasteiger partial charge in [-0.25, -0.2) is 17.8 Å². The summed E-state index contributed by atoms with van der Waals surface area (Å²) in [5.41, 5.74) is 3.54. The molecule has 1 fully saturated rings. The molecule has 0 aliphatic carbocycles. The first-order valence-electron chi connectivity index (χ1n) is 11.6. The van der Waals surface area contributed by atoms with Gasteiger partial charge in [-0.05, 0) is 61.4 Å². The van der Waals surface area contributed by atoms with E-state index in [0.717, 1.165) is 16.8 Å². The zero-order chi connectivity index (χ0) is 25.4. The summed E-state index contributed by atoms with van der Waals surface area (Å²) in [6, 6.07) is 24.7. The first-order valence-corrected chi connectivity index (χ1v) is 13.9. The van der Waals surface area contributed by atoms with Gasteiger partial charge in [-0.1, -0.05) is 65.7 Å². The van der Waals surface area contributed by atoms with Gasteiger partial charge in [-0.15, -0.1) is 0 Å². The van der Waals surface area contributed by atoms with Crippen LogP contribution in [0.1, 0.15) is 29.8 Å². The molecule has 5 rings (SSSR count). The molecule has 1 aliphatic heterocycles. The lowest BCUT2D eigenvalue weighted by Crippen LogP contribution is -2.66. The molecular formula is C27H26Cl2N4O2S. The lowest BCUT2D eigenvalue weighted by molar-refractivity contribution is 0.0369. The number of hydrogen-bond acceptors (Lipinski definition) is 4. The Balaban J connectivity index is 1.37. The quantitative estimate of drug-likeness (QED) is 0.330. The molecule has 1 N–H and O–H groups in total. The van der Waals surface area contributed by atoms with Crippen molar-refractivity contribution in [3.63, 3.8) is 0 Å². The fraction of sp³-hybridized carbons (Fsp3) is 0.222. The summed E-state index contributed by atoms with van der Waals surface area (Å²) < 4.78 is 31.2. The van der Waals surface area contributed by atoms with E-state index in [9.17, 15) is 8.42 Å². The van der Waals surface area contributed by atoms with Gasteiger partial charge < -0.3 is 0 Å². The Morgan fingerprint density at radius 3 is 2.00 bits per heavy atom. The van der Waals surface area contributed by atoms with Crippen LogP contribution in [0.3, 0.4) is 0 Å². The highest BCUT2D eigenvalue weighted by Crippen LogP contribution is 2.37. The van der Waals surface area contributed by atoms with Gasteiger partial charge in [0, 0.05) is 22.6 Å². The van der Waals surface area contributed by atoms with Gasteiger partial charge in [-0.2, -0.15) is 5.10 Å². The molecule has 1 aliphatic rings. The molecule has 36 heavy (non-hydrogen) atoms. The van der Waals surface area contributed by atoms with E-state index in [4.69, 9.17) is 23.2 Å².